The monoisotopic (exact) mass is 400 g/mol. The van der Waals surface area contributed by atoms with E-state index in [2.05, 4.69) is 24.8 Å². The molecule has 0 aliphatic heterocycles. The normalized spacial score (nSPS) is 11.1. The number of rotatable bonds is 10. The molecule has 0 saturated heterocycles. The second-order valence-electron chi connectivity index (χ2n) is 6.82. The van der Waals surface area contributed by atoms with Crippen LogP contribution >= 0.6 is 0 Å². The fourth-order valence-corrected chi connectivity index (χ4v) is 3.75. The first-order valence-electron chi connectivity index (χ1n) is 9.66. The molecule has 2 aromatic rings. The summed E-state index contributed by atoms with van der Waals surface area (Å²) >= 11 is 0. The van der Waals surface area contributed by atoms with Crippen LogP contribution in [-0.4, -0.2) is 27.8 Å². The number of benzene rings is 2. The van der Waals surface area contributed by atoms with E-state index in [1.807, 2.05) is 18.2 Å². The van der Waals surface area contributed by atoms with Crippen LogP contribution in [0.1, 0.15) is 45.1 Å². The van der Waals surface area contributed by atoms with Gasteiger partial charge in [0.05, 0.1) is 17.3 Å². The zero-order chi connectivity index (χ0) is 20.6. The summed E-state index contributed by atoms with van der Waals surface area (Å²) in [4.78, 5) is 2.18. The molecule has 0 unspecified atom stereocenters. The van der Waals surface area contributed by atoms with Gasteiger partial charge in [0.2, 0.25) is 0 Å². The van der Waals surface area contributed by atoms with Gasteiger partial charge in [-0.15, -0.1) is 0 Å². The van der Waals surface area contributed by atoms with Crippen molar-refractivity contribution in [1.82, 2.24) is 0 Å². The minimum Gasteiger partial charge on any atom is -0.454 e. The van der Waals surface area contributed by atoms with Gasteiger partial charge in [0.1, 0.15) is 10.6 Å². The van der Waals surface area contributed by atoms with Crippen molar-refractivity contribution in [1.29, 1.82) is 5.26 Å². The molecule has 0 aromatic heterocycles. The molecule has 0 fully saturated rings. The molecule has 0 heterocycles. The molecular weight excluding hydrogens is 372 g/mol. The molecule has 2 rings (SSSR count). The highest BCUT2D eigenvalue weighted by atomic mass is 32.2. The molecule has 0 amide bonds. The molecule has 2 aromatic carbocycles. The van der Waals surface area contributed by atoms with Crippen LogP contribution in [0.3, 0.4) is 0 Å². The average Bonchev–Trinajstić information content (AvgIpc) is 2.68. The Morgan fingerprint density at radius 3 is 2.14 bits per heavy atom. The van der Waals surface area contributed by atoms with Gasteiger partial charge < -0.3 is 9.64 Å². The molecule has 6 heteroatoms. The van der Waals surface area contributed by atoms with Crippen molar-refractivity contribution >= 4 is 15.5 Å². The fraction of sp³-hybridized carbons (Fsp3) is 0.409. The zero-order valence-electron chi connectivity index (χ0n) is 16.8. The minimum absolute atomic E-state index is 0.0448. The smallest absolute Gasteiger partial charge is 0.179 e. The van der Waals surface area contributed by atoms with Gasteiger partial charge in [-0.25, -0.2) is 8.42 Å². The van der Waals surface area contributed by atoms with Crippen LogP contribution in [0.4, 0.5) is 5.69 Å². The molecule has 150 valence electrons. The van der Waals surface area contributed by atoms with E-state index in [0.717, 1.165) is 45.0 Å². The number of unbranched alkanes of at least 4 members (excludes halogenated alkanes) is 2. The molecule has 5 nitrogen and oxygen atoms in total. The van der Waals surface area contributed by atoms with E-state index in [0.29, 0.717) is 22.7 Å². The lowest BCUT2D eigenvalue weighted by Crippen LogP contribution is -2.26. The third kappa shape index (κ3) is 5.74. The van der Waals surface area contributed by atoms with Crippen LogP contribution in [0.25, 0.3) is 0 Å². The van der Waals surface area contributed by atoms with E-state index in [1.165, 1.54) is 6.07 Å². The van der Waals surface area contributed by atoms with Crippen molar-refractivity contribution in [2.45, 2.75) is 44.4 Å². The van der Waals surface area contributed by atoms with Gasteiger partial charge in [0, 0.05) is 19.3 Å². The number of nitriles is 1. The van der Waals surface area contributed by atoms with E-state index in [9.17, 15) is 13.7 Å². The molecule has 0 atom stereocenters. The Morgan fingerprint density at radius 1 is 1.04 bits per heavy atom. The van der Waals surface area contributed by atoms with Gasteiger partial charge in [0.25, 0.3) is 0 Å². The maximum atomic E-state index is 12.5. The van der Waals surface area contributed by atoms with Gasteiger partial charge >= 0.3 is 0 Å². The first-order valence-corrected chi connectivity index (χ1v) is 11.6. The predicted octanol–water partition coefficient (Wildman–Crippen LogP) is 5.16. The third-order valence-electron chi connectivity index (χ3n) is 4.43. The Bertz CT molecular complexity index is 911. The Kier molecular flexibility index (Phi) is 7.89. The van der Waals surface area contributed by atoms with Gasteiger partial charge in [-0.3, -0.25) is 0 Å². The van der Waals surface area contributed by atoms with Gasteiger partial charge in [-0.05, 0) is 37.1 Å². The first kappa shape index (κ1) is 21.8. The summed E-state index contributed by atoms with van der Waals surface area (Å²) < 4.78 is 31.1. The Balaban J connectivity index is 2.67. The van der Waals surface area contributed by atoms with Crippen molar-refractivity contribution in [3.63, 3.8) is 0 Å². The third-order valence-corrected chi connectivity index (χ3v) is 5.53. The maximum absolute atomic E-state index is 12.5. The molecule has 0 radical (unpaired) electrons. The SMILES string of the molecule is CCCCN(CCCC)c1cc(C#N)cc(S(C)(=O)=O)c1Oc1ccccc1. The molecule has 0 N–H and O–H groups in total. The first-order chi connectivity index (χ1) is 13.4. The fourth-order valence-electron chi connectivity index (χ4n) is 2.92. The largest absolute Gasteiger partial charge is 0.454 e. The van der Waals surface area contributed by atoms with Crippen LogP contribution in [0.5, 0.6) is 11.5 Å². The van der Waals surface area contributed by atoms with E-state index in [1.54, 1.807) is 18.2 Å². The second-order valence-corrected chi connectivity index (χ2v) is 8.80. The number of sulfone groups is 1. The highest BCUT2D eigenvalue weighted by molar-refractivity contribution is 7.90. The van der Waals surface area contributed by atoms with Crippen LogP contribution in [0.15, 0.2) is 47.4 Å². The summed E-state index contributed by atoms with van der Waals surface area (Å²) in [6.07, 6.45) is 5.13. The molecule has 0 aliphatic carbocycles. The number of nitrogens with zero attached hydrogens (tertiary/aromatic N) is 2. The summed E-state index contributed by atoms with van der Waals surface area (Å²) in [6, 6.07) is 14.3. The summed E-state index contributed by atoms with van der Waals surface area (Å²) in [7, 11) is -3.59. The second kappa shape index (κ2) is 10.1. The van der Waals surface area contributed by atoms with E-state index in [4.69, 9.17) is 4.74 Å². The number of ether oxygens (including phenoxy) is 1. The minimum atomic E-state index is -3.59. The van der Waals surface area contributed by atoms with Crippen LogP contribution in [-0.2, 0) is 9.84 Å². The van der Waals surface area contributed by atoms with Gasteiger partial charge in [-0.1, -0.05) is 44.9 Å². The Labute approximate surface area is 168 Å². The summed E-state index contributed by atoms with van der Waals surface area (Å²) in [6.45, 7) is 5.79. The Hall–Kier alpha value is -2.52. The average molecular weight is 401 g/mol. The van der Waals surface area contributed by atoms with Crippen molar-refractivity contribution in [2.24, 2.45) is 0 Å². The molecular formula is C22H28N2O3S. The van der Waals surface area contributed by atoms with E-state index < -0.39 is 9.84 Å². The maximum Gasteiger partial charge on any atom is 0.179 e. The van der Waals surface area contributed by atoms with Crippen LogP contribution in [0.2, 0.25) is 0 Å². The predicted molar refractivity (Wildman–Crippen MR) is 113 cm³/mol. The number of para-hydroxylation sites is 1. The molecule has 0 saturated carbocycles. The van der Waals surface area contributed by atoms with Crippen molar-refractivity contribution in [3.8, 4) is 17.6 Å². The molecule has 0 spiro atoms. The van der Waals surface area contributed by atoms with Crippen LogP contribution in [0, 0.1) is 11.3 Å². The number of hydrogen-bond donors (Lipinski definition) is 0. The topological polar surface area (TPSA) is 70.4 Å². The molecule has 28 heavy (non-hydrogen) atoms. The summed E-state index contributed by atoms with van der Waals surface area (Å²) in [5, 5.41) is 9.46. The summed E-state index contributed by atoms with van der Waals surface area (Å²) in [5.41, 5.74) is 0.971. The van der Waals surface area contributed by atoms with Crippen molar-refractivity contribution in [3.05, 3.63) is 48.0 Å². The lowest BCUT2D eigenvalue weighted by Gasteiger charge is -2.28. The van der Waals surface area contributed by atoms with Crippen molar-refractivity contribution in [2.75, 3.05) is 24.2 Å². The highest BCUT2D eigenvalue weighted by Gasteiger charge is 2.24. The number of hydrogen-bond acceptors (Lipinski definition) is 5. The van der Waals surface area contributed by atoms with Gasteiger partial charge in [0.15, 0.2) is 15.6 Å². The lowest BCUT2D eigenvalue weighted by molar-refractivity contribution is 0.465. The van der Waals surface area contributed by atoms with Crippen LogP contribution < -0.4 is 9.64 Å². The highest BCUT2D eigenvalue weighted by Crippen LogP contribution is 2.40. The number of anilines is 1. The molecule has 0 aliphatic rings. The van der Waals surface area contributed by atoms with E-state index in [-0.39, 0.29) is 4.90 Å². The lowest BCUT2D eigenvalue weighted by atomic mass is 10.1. The quantitative estimate of drug-likeness (QED) is 0.551. The summed E-state index contributed by atoms with van der Waals surface area (Å²) in [5.74, 6) is 0.851. The van der Waals surface area contributed by atoms with Crippen molar-refractivity contribution < 1.29 is 13.2 Å². The Morgan fingerprint density at radius 2 is 1.64 bits per heavy atom. The van der Waals surface area contributed by atoms with E-state index >= 15 is 0 Å². The van der Waals surface area contributed by atoms with Gasteiger partial charge in [-0.2, -0.15) is 5.26 Å². The standard InChI is InChI=1S/C22H28N2O3S/c1-4-6-13-24(14-7-5-2)20-15-18(17-23)16-21(28(3,25)26)22(20)27-19-11-9-8-10-12-19/h8-12,15-16H,4-7,13-14H2,1-3H3. The molecule has 0 bridgehead atoms. The zero-order valence-corrected chi connectivity index (χ0v) is 17.6.